The highest BCUT2D eigenvalue weighted by Crippen LogP contribution is 2.22. The quantitative estimate of drug-likeness (QED) is 0.0994. The lowest BCUT2D eigenvalue weighted by atomic mass is 10.1. The van der Waals surface area contributed by atoms with Crippen LogP contribution in [-0.2, 0) is 6.54 Å². The molecule has 2 amide bonds. The van der Waals surface area contributed by atoms with E-state index in [0.717, 1.165) is 36.2 Å². The second-order valence-electron chi connectivity index (χ2n) is 9.70. The second kappa shape index (κ2) is 16.8. The average Bonchev–Trinajstić information content (AvgIpc) is 2.96. The summed E-state index contributed by atoms with van der Waals surface area (Å²) in [4.78, 5) is 27.9. The summed E-state index contributed by atoms with van der Waals surface area (Å²) in [5.74, 6) is -0.772. The van der Waals surface area contributed by atoms with Gasteiger partial charge in [0.25, 0.3) is 11.8 Å². The summed E-state index contributed by atoms with van der Waals surface area (Å²) in [7, 11) is 0. The molecular formula is C31H38BrN5O4. The van der Waals surface area contributed by atoms with Gasteiger partial charge >= 0.3 is 0 Å². The first-order valence-corrected chi connectivity index (χ1v) is 14.3. The van der Waals surface area contributed by atoms with Crippen molar-refractivity contribution < 1.29 is 19.8 Å². The number of aryl methyl sites for hydroxylation is 2. The van der Waals surface area contributed by atoms with Gasteiger partial charge in [0.15, 0.2) is 0 Å². The lowest BCUT2D eigenvalue weighted by molar-refractivity contribution is 0.0956. The van der Waals surface area contributed by atoms with Gasteiger partial charge in [-0.1, -0.05) is 46.3 Å². The van der Waals surface area contributed by atoms with Crippen LogP contribution < -0.4 is 16.1 Å². The topological polar surface area (TPSA) is 126 Å². The Morgan fingerprint density at radius 2 is 1.63 bits per heavy atom. The number of nitrogens with zero attached hydrogens (tertiary/aromatic N) is 2. The zero-order chi connectivity index (χ0) is 29.6. The van der Waals surface area contributed by atoms with E-state index in [0.29, 0.717) is 35.4 Å². The number of carbonyl (C=O) groups is 2. The molecule has 0 aliphatic rings. The highest BCUT2D eigenvalue weighted by atomic mass is 79.9. The van der Waals surface area contributed by atoms with Gasteiger partial charge < -0.3 is 20.8 Å². The summed E-state index contributed by atoms with van der Waals surface area (Å²) in [6.07, 6.45) is 2.47. The van der Waals surface area contributed by atoms with Crippen LogP contribution in [0.25, 0.3) is 0 Å². The van der Waals surface area contributed by atoms with E-state index in [1.54, 1.807) is 36.5 Å². The number of carbonyl (C=O) groups excluding carboxylic acids is 2. The Morgan fingerprint density at radius 3 is 2.32 bits per heavy atom. The van der Waals surface area contributed by atoms with Crippen molar-refractivity contribution in [2.24, 2.45) is 5.10 Å². The summed E-state index contributed by atoms with van der Waals surface area (Å²) >= 11 is 3.39. The van der Waals surface area contributed by atoms with Gasteiger partial charge in [-0.05, 0) is 85.9 Å². The minimum atomic E-state index is -0.445. The molecular weight excluding hydrogens is 586 g/mol. The number of rotatable bonds is 15. The maximum Gasteiger partial charge on any atom is 0.273 e. The van der Waals surface area contributed by atoms with Crippen molar-refractivity contribution in [1.29, 1.82) is 0 Å². The van der Waals surface area contributed by atoms with Crippen LogP contribution in [0.4, 0.5) is 5.69 Å². The molecule has 10 heteroatoms. The molecule has 0 bridgehead atoms. The minimum absolute atomic E-state index is 0.0759. The van der Waals surface area contributed by atoms with E-state index >= 15 is 0 Å². The molecule has 218 valence electrons. The van der Waals surface area contributed by atoms with Gasteiger partial charge in [-0.15, -0.1) is 0 Å². The minimum Gasteiger partial charge on any atom is -0.395 e. The summed E-state index contributed by atoms with van der Waals surface area (Å²) in [5.41, 5.74) is 7.90. The Bertz CT molecular complexity index is 1320. The summed E-state index contributed by atoms with van der Waals surface area (Å²) < 4.78 is 0.699. The highest BCUT2D eigenvalue weighted by Gasteiger charge is 2.15. The van der Waals surface area contributed by atoms with Crippen LogP contribution in [-0.4, -0.2) is 72.5 Å². The summed E-state index contributed by atoms with van der Waals surface area (Å²) in [6.45, 7) is 7.55. The van der Waals surface area contributed by atoms with E-state index in [4.69, 9.17) is 10.2 Å². The third-order valence-electron chi connectivity index (χ3n) is 6.59. The zero-order valence-electron chi connectivity index (χ0n) is 23.5. The molecule has 3 rings (SSSR count). The van der Waals surface area contributed by atoms with Crippen LogP contribution in [0.15, 0.2) is 70.2 Å². The molecule has 3 aromatic rings. The number of nitrogens with one attached hydrogen (secondary N) is 3. The van der Waals surface area contributed by atoms with E-state index in [9.17, 15) is 9.59 Å². The zero-order valence-corrected chi connectivity index (χ0v) is 25.1. The number of amides is 2. The molecule has 9 nitrogen and oxygen atoms in total. The molecule has 0 atom stereocenters. The van der Waals surface area contributed by atoms with Gasteiger partial charge in [0.05, 0.1) is 30.7 Å². The van der Waals surface area contributed by atoms with Gasteiger partial charge in [0.2, 0.25) is 0 Å². The largest absolute Gasteiger partial charge is 0.395 e. The van der Waals surface area contributed by atoms with Crippen molar-refractivity contribution in [2.45, 2.75) is 26.8 Å². The van der Waals surface area contributed by atoms with Gasteiger partial charge in [-0.25, -0.2) is 5.43 Å². The van der Waals surface area contributed by atoms with Crippen molar-refractivity contribution in [1.82, 2.24) is 15.6 Å². The van der Waals surface area contributed by atoms with Gasteiger partial charge in [0, 0.05) is 29.7 Å². The molecule has 0 saturated carbocycles. The smallest absolute Gasteiger partial charge is 0.273 e. The van der Waals surface area contributed by atoms with Crippen LogP contribution in [0.5, 0.6) is 0 Å². The number of aliphatic hydroxyl groups is 2. The highest BCUT2D eigenvalue weighted by molar-refractivity contribution is 9.10. The first-order chi connectivity index (χ1) is 19.8. The first-order valence-electron chi connectivity index (χ1n) is 13.6. The predicted octanol–water partition coefficient (Wildman–Crippen LogP) is 3.85. The number of halogens is 1. The molecule has 0 unspecified atom stereocenters. The molecule has 0 fully saturated rings. The average molecular weight is 625 g/mol. The Balaban J connectivity index is 1.54. The van der Waals surface area contributed by atoms with E-state index in [1.165, 1.54) is 5.56 Å². The van der Waals surface area contributed by atoms with Gasteiger partial charge in [0.1, 0.15) is 0 Å². The van der Waals surface area contributed by atoms with E-state index in [2.05, 4.69) is 37.1 Å². The number of hydrogen-bond donors (Lipinski definition) is 5. The molecule has 5 N–H and O–H groups in total. The van der Waals surface area contributed by atoms with Crippen LogP contribution in [0, 0.1) is 13.8 Å². The second-order valence-corrected chi connectivity index (χ2v) is 10.6. The summed E-state index contributed by atoms with van der Waals surface area (Å²) in [5, 5.41) is 28.5. The van der Waals surface area contributed by atoms with Crippen LogP contribution >= 0.6 is 15.9 Å². The van der Waals surface area contributed by atoms with Crippen molar-refractivity contribution in [2.75, 3.05) is 44.7 Å². The molecule has 0 aliphatic heterocycles. The Labute approximate surface area is 249 Å². The number of benzene rings is 3. The number of aliphatic hydroxyl groups excluding tert-OH is 2. The lowest BCUT2D eigenvalue weighted by Crippen LogP contribution is -2.32. The van der Waals surface area contributed by atoms with E-state index < -0.39 is 5.91 Å². The molecule has 0 heterocycles. The molecule has 0 aromatic heterocycles. The van der Waals surface area contributed by atoms with Crippen LogP contribution in [0.1, 0.15) is 49.4 Å². The lowest BCUT2D eigenvalue weighted by Gasteiger charge is -2.19. The fraction of sp³-hybridized carbons (Fsp3) is 0.323. The standard InChI is InChI=1S/C31H38BrN5O4/c1-22-4-5-25(18-23(22)2)21-34-36-31(41)28-19-27(32)10-11-29(28)35-30(40)26-8-6-24(7-9-26)20-33-12-3-13-37(14-16-38)15-17-39/h4-11,18-19,21,33,38-39H,3,12-17,20H2,1-2H3,(H,35,40)(H,36,41)/b34-21+. The molecule has 0 radical (unpaired) electrons. The number of hydrazone groups is 1. The molecule has 3 aromatic carbocycles. The van der Waals surface area contributed by atoms with E-state index in [1.807, 2.05) is 49.1 Å². The van der Waals surface area contributed by atoms with Gasteiger partial charge in [-0.3, -0.25) is 14.5 Å². The fourth-order valence-corrected chi connectivity index (χ4v) is 4.49. The van der Waals surface area contributed by atoms with E-state index in [-0.39, 0.29) is 24.7 Å². The van der Waals surface area contributed by atoms with Crippen molar-refractivity contribution >= 4 is 39.6 Å². The first kappa shape index (κ1) is 32.1. The fourth-order valence-electron chi connectivity index (χ4n) is 4.13. The Kier molecular flexibility index (Phi) is 13.1. The SMILES string of the molecule is Cc1ccc(/C=N/NC(=O)c2cc(Br)ccc2NC(=O)c2ccc(CNCCCN(CCO)CCO)cc2)cc1C. The van der Waals surface area contributed by atoms with Crippen molar-refractivity contribution in [3.8, 4) is 0 Å². The Hall–Kier alpha value is -3.41. The third kappa shape index (κ3) is 10.5. The molecule has 0 saturated heterocycles. The number of hydrogen-bond acceptors (Lipinski definition) is 7. The molecule has 41 heavy (non-hydrogen) atoms. The maximum absolute atomic E-state index is 13.0. The van der Waals surface area contributed by atoms with Crippen LogP contribution in [0.3, 0.4) is 0 Å². The van der Waals surface area contributed by atoms with Crippen molar-refractivity contribution in [3.63, 3.8) is 0 Å². The maximum atomic E-state index is 13.0. The molecule has 0 aliphatic carbocycles. The number of anilines is 1. The van der Waals surface area contributed by atoms with Crippen LogP contribution in [0.2, 0.25) is 0 Å². The summed E-state index contributed by atoms with van der Waals surface area (Å²) in [6, 6.07) is 18.3. The Morgan fingerprint density at radius 1 is 0.902 bits per heavy atom. The monoisotopic (exact) mass is 623 g/mol. The van der Waals surface area contributed by atoms with Gasteiger partial charge in [-0.2, -0.15) is 5.10 Å². The van der Waals surface area contributed by atoms with Crippen molar-refractivity contribution in [3.05, 3.63) is 98.5 Å². The third-order valence-corrected chi connectivity index (χ3v) is 7.08. The normalized spacial score (nSPS) is 11.3. The predicted molar refractivity (Wildman–Crippen MR) is 166 cm³/mol. The molecule has 0 spiro atoms.